The zero-order valence-electron chi connectivity index (χ0n) is 9.06. The van der Waals surface area contributed by atoms with Gasteiger partial charge in [-0.25, -0.2) is 4.98 Å². The Bertz CT molecular complexity index is 270. The topological polar surface area (TPSA) is 54.0 Å². The number of nitrogens with zero attached hydrogens (tertiary/aromatic N) is 1. The second kappa shape index (κ2) is 11.1. The third-order valence-corrected chi connectivity index (χ3v) is 2.42. The maximum absolute atomic E-state index is 11.2. The monoisotopic (exact) mass is 285 g/mol. The Morgan fingerprint density at radius 2 is 2.19 bits per heavy atom. The number of carbonyl (C=O) groups excluding carboxylic acids is 1. The van der Waals surface area contributed by atoms with Crippen molar-refractivity contribution in [2.24, 2.45) is 0 Å². The molecule has 0 fully saturated rings. The molecule has 1 amide bonds. The van der Waals surface area contributed by atoms with Gasteiger partial charge in [0, 0.05) is 24.9 Å². The van der Waals surface area contributed by atoms with Crippen molar-refractivity contribution >= 4 is 42.1 Å². The van der Waals surface area contributed by atoms with Crippen molar-refractivity contribution in [3.8, 4) is 0 Å². The fourth-order valence-corrected chi connectivity index (χ4v) is 1.61. The predicted octanol–water partition coefficient (Wildman–Crippen LogP) is 1.25. The number of thiazole rings is 1. The van der Waals surface area contributed by atoms with E-state index in [9.17, 15) is 4.79 Å². The average Bonchev–Trinajstić information content (AvgIpc) is 2.68. The zero-order valence-corrected chi connectivity index (χ0v) is 11.5. The lowest BCUT2D eigenvalue weighted by molar-refractivity contribution is -0.121. The Labute approximate surface area is 112 Å². The van der Waals surface area contributed by atoms with Gasteiger partial charge in [-0.05, 0) is 13.5 Å². The molecular weight excluding hydrogens is 269 g/mol. The molecule has 0 radical (unpaired) electrons. The molecule has 0 aliphatic rings. The average molecular weight is 286 g/mol. The first-order valence-electron chi connectivity index (χ1n) is 4.61. The number of likely N-dealkylation sites (N-methyl/N-ethyl adjacent to an activating group) is 1. The molecule has 0 saturated heterocycles. The summed E-state index contributed by atoms with van der Waals surface area (Å²) in [5.41, 5.74) is 2.78. The highest BCUT2D eigenvalue weighted by molar-refractivity contribution is 7.07. The van der Waals surface area contributed by atoms with E-state index in [0.717, 1.165) is 18.7 Å². The van der Waals surface area contributed by atoms with Gasteiger partial charge in [0.05, 0.1) is 11.2 Å². The van der Waals surface area contributed by atoms with E-state index < -0.39 is 0 Å². The van der Waals surface area contributed by atoms with Crippen molar-refractivity contribution in [3.63, 3.8) is 0 Å². The Balaban J connectivity index is 0. The summed E-state index contributed by atoms with van der Waals surface area (Å²) in [6.07, 6.45) is 1.25. The number of halogens is 2. The van der Waals surface area contributed by atoms with Crippen molar-refractivity contribution in [2.45, 2.75) is 12.8 Å². The number of aromatic nitrogens is 1. The second-order valence-corrected chi connectivity index (χ2v) is 3.65. The molecule has 0 spiro atoms. The van der Waals surface area contributed by atoms with Gasteiger partial charge in [-0.15, -0.1) is 36.2 Å². The van der Waals surface area contributed by atoms with Gasteiger partial charge in [0.15, 0.2) is 0 Å². The standard InChI is InChI=1S/C9H15N3OS.2ClH/c1-10-4-5-11-9(13)3-2-8-6-14-7-12-8;;/h6-7,10H,2-5H2,1H3,(H,11,13);2*1H. The number of hydrogen-bond donors (Lipinski definition) is 2. The molecule has 1 aromatic rings. The van der Waals surface area contributed by atoms with Crippen LogP contribution in [0, 0.1) is 0 Å². The summed E-state index contributed by atoms with van der Waals surface area (Å²) in [4.78, 5) is 15.4. The van der Waals surface area contributed by atoms with E-state index in [-0.39, 0.29) is 30.7 Å². The first-order chi connectivity index (χ1) is 6.83. The van der Waals surface area contributed by atoms with Gasteiger partial charge in [0.25, 0.3) is 0 Å². The van der Waals surface area contributed by atoms with Crippen LogP contribution in [0.5, 0.6) is 0 Å². The summed E-state index contributed by atoms with van der Waals surface area (Å²) in [5.74, 6) is 0.0910. The van der Waals surface area contributed by atoms with E-state index >= 15 is 0 Å². The number of aryl methyl sites for hydroxylation is 1. The highest BCUT2D eigenvalue weighted by Crippen LogP contribution is 2.03. The first kappa shape index (κ1) is 18.0. The molecule has 16 heavy (non-hydrogen) atoms. The molecule has 1 heterocycles. The van der Waals surface area contributed by atoms with Crippen molar-refractivity contribution in [3.05, 3.63) is 16.6 Å². The highest BCUT2D eigenvalue weighted by Gasteiger charge is 2.01. The van der Waals surface area contributed by atoms with Crippen LogP contribution >= 0.6 is 36.2 Å². The molecule has 2 N–H and O–H groups in total. The maximum atomic E-state index is 11.2. The van der Waals surface area contributed by atoms with E-state index in [1.54, 1.807) is 16.8 Å². The minimum atomic E-state index is 0. The van der Waals surface area contributed by atoms with Crippen LogP contribution in [-0.4, -0.2) is 31.0 Å². The molecule has 4 nitrogen and oxygen atoms in total. The van der Waals surface area contributed by atoms with Gasteiger partial charge in [-0.2, -0.15) is 0 Å². The maximum Gasteiger partial charge on any atom is 0.220 e. The van der Waals surface area contributed by atoms with Crippen LogP contribution in [0.15, 0.2) is 10.9 Å². The molecule has 0 aliphatic heterocycles. The lowest BCUT2D eigenvalue weighted by Crippen LogP contribution is -2.30. The first-order valence-corrected chi connectivity index (χ1v) is 5.55. The van der Waals surface area contributed by atoms with E-state index in [2.05, 4.69) is 15.6 Å². The van der Waals surface area contributed by atoms with Crippen LogP contribution in [0.1, 0.15) is 12.1 Å². The number of amides is 1. The lowest BCUT2D eigenvalue weighted by Gasteiger charge is -2.03. The summed E-state index contributed by atoms with van der Waals surface area (Å²) >= 11 is 1.56. The third-order valence-electron chi connectivity index (χ3n) is 1.79. The lowest BCUT2D eigenvalue weighted by atomic mass is 10.2. The molecule has 0 aromatic carbocycles. The van der Waals surface area contributed by atoms with Crippen LogP contribution in [-0.2, 0) is 11.2 Å². The molecule has 1 rings (SSSR count). The van der Waals surface area contributed by atoms with Crippen LogP contribution in [0.3, 0.4) is 0 Å². The van der Waals surface area contributed by atoms with Crippen molar-refractivity contribution in [2.75, 3.05) is 20.1 Å². The number of carbonyl (C=O) groups is 1. The normalized spacial score (nSPS) is 8.81. The Morgan fingerprint density at radius 3 is 2.75 bits per heavy atom. The van der Waals surface area contributed by atoms with E-state index in [0.29, 0.717) is 13.0 Å². The van der Waals surface area contributed by atoms with Gasteiger partial charge in [0.1, 0.15) is 0 Å². The third kappa shape index (κ3) is 7.87. The van der Waals surface area contributed by atoms with Crippen LogP contribution in [0.25, 0.3) is 0 Å². The summed E-state index contributed by atoms with van der Waals surface area (Å²) in [7, 11) is 1.86. The molecule has 0 atom stereocenters. The molecule has 0 unspecified atom stereocenters. The van der Waals surface area contributed by atoms with Gasteiger partial charge < -0.3 is 10.6 Å². The largest absolute Gasteiger partial charge is 0.355 e. The van der Waals surface area contributed by atoms with Crippen molar-refractivity contribution in [1.29, 1.82) is 0 Å². The summed E-state index contributed by atoms with van der Waals surface area (Å²) in [6.45, 7) is 1.49. The second-order valence-electron chi connectivity index (χ2n) is 2.93. The van der Waals surface area contributed by atoms with Crippen LogP contribution < -0.4 is 10.6 Å². The van der Waals surface area contributed by atoms with Gasteiger partial charge >= 0.3 is 0 Å². The smallest absolute Gasteiger partial charge is 0.220 e. The molecule has 1 aromatic heterocycles. The minimum Gasteiger partial charge on any atom is -0.355 e. The number of rotatable bonds is 6. The zero-order chi connectivity index (χ0) is 10.2. The molecular formula is C9H17Cl2N3OS. The van der Waals surface area contributed by atoms with Crippen LogP contribution in [0.4, 0.5) is 0 Å². The van der Waals surface area contributed by atoms with Crippen LogP contribution in [0.2, 0.25) is 0 Å². The summed E-state index contributed by atoms with van der Waals surface area (Å²) in [5, 5.41) is 7.76. The Morgan fingerprint density at radius 1 is 1.44 bits per heavy atom. The van der Waals surface area contributed by atoms with E-state index in [1.165, 1.54) is 0 Å². The molecule has 94 valence electrons. The summed E-state index contributed by atoms with van der Waals surface area (Å²) < 4.78 is 0. The van der Waals surface area contributed by atoms with Crippen molar-refractivity contribution < 1.29 is 4.79 Å². The highest BCUT2D eigenvalue weighted by atomic mass is 35.5. The van der Waals surface area contributed by atoms with Gasteiger partial charge in [-0.3, -0.25) is 4.79 Å². The van der Waals surface area contributed by atoms with E-state index in [1.807, 2.05) is 12.4 Å². The van der Waals surface area contributed by atoms with Crippen molar-refractivity contribution in [1.82, 2.24) is 15.6 Å². The number of nitrogens with one attached hydrogen (secondary N) is 2. The predicted molar refractivity (Wildman–Crippen MR) is 71.9 cm³/mol. The fraction of sp³-hybridized carbons (Fsp3) is 0.556. The van der Waals surface area contributed by atoms with Gasteiger partial charge in [-0.1, -0.05) is 0 Å². The summed E-state index contributed by atoms with van der Waals surface area (Å²) in [6, 6.07) is 0. The minimum absolute atomic E-state index is 0. The number of hydrogen-bond acceptors (Lipinski definition) is 4. The molecule has 0 bridgehead atoms. The quantitative estimate of drug-likeness (QED) is 0.774. The Kier molecular flexibility index (Phi) is 12.5. The Hall–Kier alpha value is -0.360. The fourth-order valence-electron chi connectivity index (χ4n) is 1.02. The van der Waals surface area contributed by atoms with E-state index in [4.69, 9.17) is 0 Å². The SMILES string of the molecule is CNCCNC(=O)CCc1cscn1.Cl.Cl. The molecule has 0 aliphatic carbocycles. The molecule has 7 heteroatoms. The van der Waals surface area contributed by atoms with Gasteiger partial charge in [0.2, 0.25) is 5.91 Å². The molecule has 0 saturated carbocycles.